The van der Waals surface area contributed by atoms with Gasteiger partial charge < -0.3 is 5.73 Å². The Labute approximate surface area is 226 Å². The zero-order chi connectivity index (χ0) is 26.6. The van der Waals surface area contributed by atoms with Gasteiger partial charge in [-0.25, -0.2) is 26.6 Å². The Hall–Kier alpha value is -1.98. The third-order valence-electron chi connectivity index (χ3n) is 5.29. The van der Waals surface area contributed by atoms with E-state index >= 15 is 0 Å². The van der Waals surface area contributed by atoms with Gasteiger partial charge in [0, 0.05) is 31.6 Å². The van der Waals surface area contributed by atoms with Gasteiger partial charge in [-0.1, -0.05) is 23.1 Å². The zero-order valence-corrected chi connectivity index (χ0v) is 23.2. The van der Waals surface area contributed by atoms with E-state index in [-0.39, 0.29) is 62.7 Å². The van der Waals surface area contributed by atoms with Gasteiger partial charge >= 0.3 is 0 Å². The van der Waals surface area contributed by atoms with E-state index in [1.807, 2.05) is 0 Å². The van der Waals surface area contributed by atoms with Crippen LogP contribution in [0, 0.1) is 24.4 Å². The molecule has 206 valence electrons. The number of hydrazine groups is 1. The summed E-state index contributed by atoms with van der Waals surface area (Å²) in [5.41, 5.74) is 5.82. The first-order valence-electron chi connectivity index (χ1n) is 10.7. The highest BCUT2D eigenvalue weighted by atomic mass is 35.5. The van der Waals surface area contributed by atoms with Crippen LogP contribution in [0.4, 0.5) is 13.2 Å². The molecule has 10 nitrogen and oxygen atoms in total. The average Bonchev–Trinajstić information content (AvgIpc) is 3.06. The zero-order valence-electron chi connectivity index (χ0n) is 19.9. The first kappa shape index (κ1) is 31.2. The lowest BCUT2D eigenvalue weighted by Gasteiger charge is -2.33. The number of sulfonamides is 1. The summed E-state index contributed by atoms with van der Waals surface area (Å²) in [6.07, 6.45) is 0.443. The second kappa shape index (κ2) is 13.2. The topological polar surface area (TPSA) is 130 Å². The van der Waals surface area contributed by atoms with E-state index in [1.165, 1.54) is 20.7 Å². The van der Waals surface area contributed by atoms with Gasteiger partial charge in [-0.05, 0) is 25.0 Å². The van der Waals surface area contributed by atoms with E-state index in [4.69, 9.17) is 5.73 Å². The van der Waals surface area contributed by atoms with E-state index in [0.717, 1.165) is 28.0 Å². The third kappa shape index (κ3) is 8.51. The molecule has 2 aromatic rings. The molecular formula is C20H26ClF3N6O4S3. The minimum absolute atomic E-state index is 0. The fraction of sp³-hybridized carbons (Fsp3) is 0.500. The molecule has 0 bridgehead atoms. The van der Waals surface area contributed by atoms with Gasteiger partial charge in [0.25, 0.3) is 5.91 Å². The number of nitrogens with two attached hydrogens (primary N) is 1. The number of hydrogen-bond acceptors (Lipinski definition) is 9. The van der Waals surface area contributed by atoms with Gasteiger partial charge in [0.05, 0.1) is 25.1 Å². The highest BCUT2D eigenvalue weighted by Gasteiger charge is 2.33. The number of amides is 2. The molecule has 3 rings (SSSR count). The highest BCUT2D eigenvalue weighted by Crippen LogP contribution is 2.23. The van der Waals surface area contributed by atoms with Crippen molar-refractivity contribution in [2.45, 2.75) is 30.1 Å². The normalized spacial score (nSPS) is 15.7. The minimum Gasteiger partial charge on any atom is -0.327 e. The highest BCUT2D eigenvalue weighted by molar-refractivity contribution is 8.01. The molecule has 2 N–H and O–H groups in total. The Morgan fingerprint density at radius 2 is 1.65 bits per heavy atom. The number of aryl methyl sites for hydroxylation is 1. The van der Waals surface area contributed by atoms with Crippen LogP contribution in [0.1, 0.15) is 17.0 Å². The van der Waals surface area contributed by atoms with E-state index in [9.17, 15) is 31.2 Å². The van der Waals surface area contributed by atoms with Crippen LogP contribution in [0.2, 0.25) is 0 Å². The Kier molecular flexibility index (Phi) is 11.1. The van der Waals surface area contributed by atoms with Crippen LogP contribution in [0.15, 0.2) is 16.5 Å². The Balaban J connectivity index is 0.00000481. The van der Waals surface area contributed by atoms with Crippen molar-refractivity contribution in [3.63, 3.8) is 0 Å². The summed E-state index contributed by atoms with van der Waals surface area (Å²) in [5, 5.41) is 10.9. The number of rotatable bonds is 8. The van der Waals surface area contributed by atoms with Crippen LogP contribution in [0.5, 0.6) is 0 Å². The fourth-order valence-corrected chi connectivity index (χ4v) is 6.07. The summed E-state index contributed by atoms with van der Waals surface area (Å²) < 4.78 is 66.6. The molecule has 1 aliphatic heterocycles. The maximum absolute atomic E-state index is 14.0. The molecule has 2 amide bonds. The van der Waals surface area contributed by atoms with Gasteiger partial charge in [-0.2, -0.15) is 4.31 Å². The van der Waals surface area contributed by atoms with Gasteiger partial charge in [-0.3, -0.25) is 14.6 Å². The minimum atomic E-state index is -3.57. The molecule has 0 aliphatic carbocycles. The Morgan fingerprint density at radius 1 is 1.05 bits per heavy atom. The van der Waals surface area contributed by atoms with Crippen molar-refractivity contribution < 1.29 is 31.2 Å². The molecule has 0 saturated carbocycles. The van der Waals surface area contributed by atoms with E-state index in [2.05, 4.69) is 10.2 Å². The van der Waals surface area contributed by atoms with E-state index in [0.29, 0.717) is 16.5 Å². The monoisotopic (exact) mass is 602 g/mol. The lowest BCUT2D eigenvalue weighted by molar-refractivity contribution is -0.161. The average molecular weight is 603 g/mol. The van der Waals surface area contributed by atoms with Gasteiger partial charge in [-0.15, -0.1) is 22.6 Å². The van der Waals surface area contributed by atoms with E-state index in [1.54, 1.807) is 6.92 Å². The third-order valence-corrected chi connectivity index (χ3v) is 8.55. The lowest BCUT2D eigenvalue weighted by Crippen LogP contribution is -2.52. The standard InChI is InChI=1S/C20H25F3N6O4S3.ClH/c1-12-25-26-20(35-12)34-11-19(31)29-6-4-27(36(2,32)33)3-5-28(29)18(30)9-14(24)7-13-8-16(22)17(23)10-15(13)21;/h8,10,14H,3-7,9,11,24H2,1-2H3;1H/t14-;/m1./s1. The maximum atomic E-state index is 14.0. The van der Waals surface area contributed by atoms with Crippen molar-refractivity contribution >= 4 is 57.3 Å². The number of thioether (sulfide) groups is 1. The molecule has 1 atom stereocenters. The summed E-state index contributed by atoms with van der Waals surface area (Å²) in [6.45, 7) is 1.55. The molecule has 37 heavy (non-hydrogen) atoms. The maximum Gasteiger partial charge on any atom is 0.251 e. The molecule has 1 aliphatic rings. The summed E-state index contributed by atoms with van der Waals surface area (Å²) in [4.78, 5) is 26.2. The quantitative estimate of drug-likeness (QED) is 0.356. The molecule has 17 heteroatoms. The van der Waals surface area contributed by atoms with Crippen molar-refractivity contribution in [2.75, 3.05) is 38.2 Å². The summed E-state index contributed by atoms with van der Waals surface area (Å²) in [5.74, 6) is -4.67. The lowest BCUT2D eigenvalue weighted by atomic mass is 10.0. The number of hydrogen-bond donors (Lipinski definition) is 1. The molecule has 1 saturated heterocycles. The van der Waals surface area contributed by atoms with Crippen molar-refractivity contribution in [1.82, 2.24) is 24.5 Å². The molecule has 0 radical (unpaired) electrons. The molecule has 1 aromatic carbocycles. The number of halogens is 4. The second-order valence-electron chi connectivity index (χ2n) is 8.10. The predicted molar refractivity (Wildman–Crippen MR) is 135 cm³/mol. The Bertz CT molecular complexity index is 1240. The van der Waals surface area contributed by atoms with Gasteiger partial charge in [0.2, 0.25) is 15.9 Å². The van der Waals surface area contributed by atoms with E-state index < -0.39 is 45.3 Å². The number of aromatic nitrogens is 2. The first-order valence-corrected chi connectivity index (χ1v) is 14.4. The largest absolute Gasteiger partial charge is 0.327 e. The molecule has 1 fully saturated rings. The summed E-state index contributed by atoms with van der Waals surface area (Å²) in [7, 11) is -3.57. The van der Waals surface area contributed by atoms with Gasteiger partial charge in [0.1, 0.15) is 10.8 Å². The fourth-order valence-electron chi connectivity index (χ4n) is 3.56. The van der Waals surface area contributed by atoms with Crippen LogP contribution >= 0.6 is 35.5 Å². The van der Waals surface area contributed by atoms with Crippen molar-refractivity contribution in [2.24, 2.45) is 5.73 Å². The molecule has 0 unspecified atom stereocenters. The molecule has 1 aromatic heterocycles. The van der Waals surface area contributed by atoms with Crippen LogP contribution in [-0.2, 0) is 26.0 Å². The number of benzene rings is 1. The first-order chi connectivity index (χ1) is 16.8. The second-order valence-corrected chi connectivity index (χ2v) is 12.5. The number of carbonyl (C=O) groups is 2. The van der Waals surface area contributed by atoms with Crippen LogP contribution in [0.25, 0.3) is 0 Å². The Morgan fingerprint density at radius 3 is 2.22 bits per heavy atom. The van der Waals surface area contributed by atoms with Crippen molar-refractivity contribution in [3.05, 3.63) is 40.2 Å². The smallest absolute Gasteiger partial charge is 0.251 e. The summed E-state index contributed by atoms with van der Waals surface area (Å²) >= 11 is 2.45. The predicted octanol–water partition coefficient (Wildman–Crippen LogP) is 1.59. The molecule has 2 heterocycles. The van der Waals surface area contributed by atoms with Crippen LogP contribution < -0.4 is 5.73 Å². The van der Waals surface area contributed by atoms with Crippen LogP contribution in [0.3, 0.4) is 0 Å². The molecule has 0 spiro atoms. The SMILES string of the molecule is Cc1nnc(SCC(=O)N2CCN(S(C)(=O)=O)CCN2C(=O)C[C@H](N)Cc2cc(F)c(F)cc2F)s1.Cl. The van der Waals surface area contributed by atoms with Crippen molar-refractivity contribution in [1.29, 1.82) is 0 Å². The van der Waals surface area contributed by atoms with Crippen LogP contribution in [-0.4, -0.2) is 89.0 Å². The number of carbonyl (C=O) groups excluding carboxylic acids is 2. The summed E-state index contributed by atoms with van der Waals surface area (Å²) in [6, 6.07) is 0.125. The number of nitrogens with zero attached hydrogens (tertiary/aromatic N) is 5. The van der Waals surface area contributed by atoms with Gasteiger partial charge in [0.15, 0.2) is 16.0 Å². The molecular weight excluding hydrogens is 577 g/mol. The van der Waals surface area contributed by atoms with Crippen molar-refractivity contribution in [3.8, 4) is 0 Å².